The van der Waals surface area contributed by atoms with E-state index in [-0.39, 0.29) is 34.3 Å². The van der Waals surface area contributed by atoms with Crippen molar-refractivity contribution in [3.05, 3.63) is 66.1 Å². The molecule has 0 aliphatic heterocycles. The van der Waals surface area contributed by atoms with Crippen molar-refractivity contribution in [1.29, 1.82) is 0 Å². The van der Waals surface area contributed by atoms with Gasteiger partial charge in [-0.3, -0.25) is 4.98 Å². The van der Waals surface area contributed by atoms with E-state index in [1.807, 2.05) is 0 Å². The van der Waals surface area contributed by atoms with E-state index >= 15 is 0 Å². The maximum atomic E-state index is 13.4. The number of rotatable bonds is 4. The Morgan fingerprint density at radius 2 is 1.67 bits per heavy atom. The Balaban J connectivity index is 1.77. The van der Waals surface area contributed by atoms with Crippen LogP contribution in [0.3, 0.4) is 0 Å². The summed E-state index contributed by atoms with van der Waals surface area (Å²) < 4.78 is 83.5. The molecule has 0 atom stereocenters. The van der Waals surface area contributed by atoms with Crippen molar-refractivity contribution >= 4 is 22.4 Å². The lowest BCUT2D eigenvalue weighted by atomic mass is 10.0. The quantitative estimate of drug-likeness (QED) is 0.380. The number of ether oxygens (including phenoxy) is 1. The van der Waals surface area contributed by atoms with Gasteiger partial charge in [-0.1, -0.05) is 6.07 Å². The van der Waals surface area contributed by atoms with Crippen LogP contribution in [0.4, 0.5) is 37.8 Å². The van der Waals surface area contributed by atoms with Gasteiger partial charge in [0.05, 0.1) is 35.8 Å². The van der Waals surface area contributed by atoms with E-state index in [1.165, 1.54) is 43.6 Å². The number of pyridine rings is 2. The van der Waals surface area contributed by atoms with Gasteiger partial charge >= 0.3 is 18.4 Å². The van der Waals surface area contributed by atoms with Gasteiger partial charge in [0.2, 0.25) is 0 Å². The zero-order valence-electron chi connectivity index (χ0n) is 16.7. The molecule has 0 unspecified atom stereocenters. The topological polar surface area (TPSA) is 72.8 Å². The molecule has 12 heteroatoms. The minimum Gasteiger partial charge on any atom is -0.467 e. The van der Waals surface area contributed by atoms with Crippen LogP contribution in [0.5, 0.6) is 6.01 Å². The molecule has 0 aliphatic carbocycles. The number of anilines is 2. The van der Waals surface area contributed by atoms with Gasteiger partial charge < -0.3 is 10.1 Å². The number of methoxy groups -OCH3 is 1. The smallest absolute Gasteiger partial charge is 0.433 e. The molecule has 0 fully saturated rings. The summed E-state index contributed by atoms with van der Waals surface area (Å²) in [6, 6.07) is 8.31. The molecule has 170 valence electrons. The molecule has 3 heterocycles. The molecule has 1 aromatic carbocycles. The molecule has 0 radical (unpaired) electrons. The number of hydrogen-bond donors (Lipinski definition) is 1. The average Bonchev–Trinajstić information content (AvgIpc) is 2.77. The minimum atomic E-state index is -4.61. The number of benzene rings is 1. The molecule has 4 aromatic rings. The number of nitrogens with one attached hydrogen (secondary N) is 1. The maximum Gasteiger partial charge on any atom is 0.433 e. The van der Waals surface area contributed by atoms with Crippen LogP contribution in [-0.4, -0.2) is 27.0 Å². The van der Waals surface area contributed by atoms with Gasteiger partial charge in [0.25, 0.3) is 0 Å². The Morgan fingerprint density at radius 3 is 2.30 bits per heavy atom. The van der Waals surface area contributed by atoms with Gasteiger partial charge in [0, 0.05) is 17.1 Å². The van der Waals surface area contributed by atoms with E-state index in [2.05, 4.69) is 25.3 Å². The van der Waals surface area contributed by atoms with Gasteiger partial charge in [-0.15, -0.1) is 0 Å². The first kappa shape index (κ1) is 22.2. The van der Waals surface area contributed by atoms with Crippen molar-refractivity contribution < 1.29 is 31.1 Å². The van der Waals surface area contributed by atoms with Crippen LogP contribution < -0.4 is 10.1 Å². The summed E-state index contributed by atoms with van der Waals surface area (Å²) in [5.74, 6) is 0.169. The Hall–Kier alpha value is -3.96. The highest BCUT2D eigenvalue weighted by Gasteiger charge is 2.34. The molecule has 1 N–H and O–H groups in total. The molecular weight excluding hydrogens is 452 g/mol. The van der Waals surface area contributed by atoms with Crippen LogP contribution >= 0.6 is 0 Å². The monoisotopic (exact) mass is 465 g/mol. The van der Waals surface area contributed by atoms with Crippen LogP contribution in [0.15, 0.2) is 54.9 Å². The average molecular weight is 465 g/mol. The highest BCUT2D eigenvalue weighted by molar-refractivity contribution is 5.93. The molecule has 4 rings (SSSR count). The van der Waals surface area contributed by atoms with Crippen molar-refractivity contribution in [2.45, 2.75) is 12.4 Å². The van der Waals surface area contributed by atoms with Crippen molar-refractivity contribution in [2.24, 2.45) is 0 Å². The normalized spacial score (nSPS) is 12.1. The number of halogens is 6. The van der Waals surface area contributed by atoms with E-state index in [1.54, 1.807) is 0 Å². The number of aromatic nitrogens is 4. The standard InChI is InChI=1S/C21H13F6N5O/c1-33-19-31-15-9-11(17-14(20(22,23)24)3-2-8-28-17)4-6-13(15)18(32-19)30-12-5-7-16(29-10-12)21(25,26)27/h2-10H,1H3,(H,30,31,32). The van der Waals surface area contributed by atoms with Crippen LogP contribution in [0.25, 0.3) is 22.2 Å². The lowest BCUT2D eigenvalue weighted by Crippen LogP contribution is -2.08. The summed E-state index contributed by atoms with van der Waals surface area (Å²) in [7, 11) is 1.30. The third kappa shape index (κ3) is 4.64. The fraction of sp³-hybridized carbons (Fsp3) is 0.143. The largest absolute Gasteiger partial charge is 0.467 e. The Kier molecular flexibility index (Phi) is 5.52. The van der Waals surface area contributed by atoms with Gasteiger partial charge in [-0.25, -0.2) is 4.98 Å². The molecule has 0 bridgehead atoms. The van der Waals surface area contributed by atoms with E-state index in [0.29, 0.717) is 5.39 Å². The molecule has 0 saturated heterocycles. The summed E-state index contributed by atoms with van der Waals surface area (Å²) in [5, 5.41) is 3.23. The molecule has 3 aromatic heterocycles. The van der Waals surface area contributed by atoms with Crippen LogP contribution in [0, 0.1) is 0 Å². The lowest BCUT2D eigenvalue weighted by molar-refractivity contribution is -0.141. The summed E-state index contributed by atoms with van der Waals surface area (Å²) in [6.45, 7) is 0. The Morgan fingerprint density at radius 1 is 0.879 bits per heavy atom. The number of nitrogens with zero attached hydrogens (tertiary/aromatic N) is 4. The Bertz CT molecular complexity index is 1310. The second-order valence-electron chi connectivity index (χ2n) is 6.74. The predicted octanol–water partition coefficient (Wildman–Crippen LogP) is 5.88. The van der Waals surface area contributed by atoms with Crippen molar-refractivity contribution in [2.75, 3.05) is 12.4 Å². The summed E-state index contributed by atoms with van der Waals surface area (Å²) >= 11 is 0. The fourth-order valence-corrected chi connectivity index (χ4v) is 3.08. The third-order valence-corrected chi connectivity index (χ3v) is 4.56. The lowest BCUT2D eigenvalue weighted by Gasteiger charge is -2.14. The van der Waals surface area contributed by atoms with Gasteiger partial charge in [0.15, 0.2) is 0 Å². The van der Waals surface area contributed by atoms with E-state index in [9.17, 15) is 26.3 Å². The molecule has 33 heavy (non-hydrogen) atoms. The van der Waals surface area contributed by atoms with E-state index < -0.39 is 23.6 Å². The molecule has 0 saturated carbocycles. The molecular formula is C21H13F6N5O. The van der Waals surface area contributed by atoms with Crippen LogP contribution in [0.2, 0.25) is 0 Å². The maximum absolute atomic E-state index is 13.4. The van der Waals surface area contributed by atoms with E-state index in [4.69, 9.17) is 4.74 Å². The van der Waals surface area contributed by atoms with Crippen molar-refractivity contribution in [3.8, 4) is 17.3 Å². The molecule has 0 aliphatic rings. The summed E-state index contributed by atoms with van der Waals surface area (Å²) in [4.78, 5) is 15.6. The van der Waals surface area contributed by atoms with Crippen molar-refractivity contribution in [1.82, 2.24) is 19.9 Å². The zero-order chi connectivity index (χ0) is 23.8. The van der Waals surface area contributed by atoms with Crippen molar-refractivity contribution in [3.63, 3.8) is 0 Å². The molecule has 0 spiro atoms. The highest BCUT2D eigenvalue weighted by Crippen LogP contribution is 2.37. The molecule has 6 nitrogen and oxygen atoms in total. The zero-order valence-corrected chi connectivity index (χ0v) is 16.7. The number of fused-ring (bicyclic) bond motifs is 1. The SMILES string of the molecule is COc1nc(Nc2ccc(C(F)(F)F)nc2)c2ccc(-c3ncccc3C(F)(F)F)cc2n1. The third-order valence-electron chi connectivity index (χ3n) is 4.56. The first-order valence-electron chi connectivity index (χ1n) is 9.25. The summed E-state index contributed by atoms with van der Waals surface area (Å²) in [6.07, 6.45) is -6.95. The fourth-order valence-electron chi connectivity index (χ4n) is 3.08. The van der Waals surface area contributed by atoms with Gasteiger partial charge in [0.1, 0.15) is 11.5 Å². The van der Waals surface area contributed by atoms with Gasteiger partial charge in [-0.05, 0) is 36.4 Å². The second kappa shape index (κ2) is 8.19. The summed E-state index contributed by atoms with van der Waals surface area (Å²) in [5.41, 5.74) is -1.62. The first-order chi connectivity index (χ1) is 15.6. The first-order valence-corrected chi connectivity index (χ1v) is 9.25. The van der Waals surface area contributed by atoms with Crippen LogP contribution in [-0.2, 0) is 12.4 Å². The number of alkyl halides is 6. The molecule has 0 amide bonds. The second-order valence-corrected chi connectivity index (χ2v) is 6.74. The minimum absolute atomic E-state index is 0.0981. The predicted molar refractivity (Wildman–Crippen MR) is 107 cm³/mol. The Labute approximate surface area is 182 Å². The van der Waals surface area contributed by atoms with Gasteiger partial charge in [-0.2, -0.15) is 36.3 Å². The number of hydrogen-bond acceptors (Lipinski definition) is 6. The van der Waals surface area contributed by atoms with E-state index in [0.717, 1.165) is 18.3 Å². The van der Waals surface area contributed by atoms with Crippen LogP contribution in [0.1, 0.15) is 11.3 Å². The highest BCUT2D eigenvalue weighted by atomic mass is 19.4.